The highest BCUT2D eigenvalue weighted by Crippen LogP contribution is 2.07. The smallest absolute Gasteiger partial charge is 0.158 e. The molecule has 0 aliphatic carbocycles. The molecule has 1 heterocycles. The van der Waals surface area contributed by atoms with Gasteiger partial charge < -0.3 is 0 Å². The summed E-state index contributed by atoms with van der Waals surface area (Å²) in [5, 5.41) is 10.9. The molecule has 1 rings (SSSR count). The molecule has 0 spiro atoms. The maximum absolute atomic E-state index is 3.76. The molecule has 0 saturated heterocycles. The van der Waals surface area contributed by atoms with Crippen LogP contribution in [0.4, 0.5) is 0 Å². The Kier molecular flexibility index (Phi) is 1.23. The van der Waals surface area contributed by atoms with Crippen LogP contribution >= 0.6 is 0 Å². The van der Waals surface area contributed by atoms with Gasteiger partial charge in [0.25, 0.3) is 0 Å². The highest BCUT2D eigenvalue weighted by Gasteiger charge is 2.13. The predicted octanol–water partition coefficient (Wildman–Crippen LogP) is 0.228. The summed E-state index contributed by atoms with van der Waals surface area (Å²) in [6, 6.07) is 0. The van der Waals surface area contributed by atoms with Gasteiger partial charge >= 0.3 is 0 Å². The fourth-order valence-electron chi connectivity index (χ4n) is 0.429. The van der Waals surface area contributed by atoms with E-state index in [0.717, 1.165) is 0 Å². The largest absolute Gasteiger partial charge is 0.245 e. The van der Waals surface area contributed by atoms with E-state index in [1.54, 1.807) is 0 Å². The quantitative estimate of drug-likeness (QED) is 0.498. The van der Waals surface area contributed by atoms with Crippen LogP contribution in [-0.2, 0) is 5.54 Å². The van der Waals surface area contributed by atoms with Crippen LogP contribution in [0.1, 0.15) is 20.8 Å². The number of nitrogens with zero attached hydrogens (tertiary/aromatic N) is 4. The van der Waals surface area contributed by atoms with Crippen molar-refractivity contribution in [1.29, 1.82) is 0 Å². The van der Waals surface area contributed by atoms with Crippen LogP contribution in [-0.4, -0.2) is 20.2 Å². The molecule has 1 aromatic rings. The Morgan fingerprint density at radius 2 is 2.00 bits per heavy atom. The molecule has 0 saturated carbocycles. The number of hydrogen-bond donors (Lipinski definition) is 0. The van der Waals surface area contributed by atoms with Gasteiger partial charge in [-0.25, -0.2) is 0 Å². The van der Waals surface area contributed by atoms with Gasteiger partial charge in [-0.1, -0.05) is 0 Å². The molecular formula is C5H9N4. The van der Waals surface area contributed by atoms with E-state index in [9.17, 15) is 0 Å². The lowest BCUT2D eigenvalue weighted by Crippen LogP contribution is -2.24. The first-order valence-corrected chi connectivity index (χ1v) is 2.77. The number of tetrazole rings is 1. The van der Waals surface area contributed by atoms with Gasteiger partial charge in [0.1, 0.15) is 0 Å². The summed E-state index contributed by atoms with van der Waals surface area (Å²) >= 11 is 0. The van der Waals surface area contributed by atoms with Crippen molar-refractivity contribution in [3.05, 3.63) is 6.33 Å². The Labute approximate surface area is 53.9 Å². The molecule has 49 valence electrons. The van der Waals surface area contributed by atoms with Crippen molar-refractivity contribution in [2.75, 3.05) is 0 Å². The fraction of sp³-hybridized carbons (Fsp3) is 0.800. The van der Waals surface area contributed by atoms with Crippen LogP contribution in [0.3, 0.4) is 0 Å². The Morgan fingerprint density at radius 1 is 1.33 bits per heavy atom. The van der Waals surface area contributed by atoms with E-state index in [2.05, 4.69) is 21.7 Å². The van der Waals surface area contributed by atoms with Crippen LogP contribution in [0.2, 0.25) is 0 Å². The Morgan fingerprint density at radius 3 is 2.22 bits per heavy atom. The molecule has 1 radical (unpaired) electrons. The summed E-state index contributed by atoms with van der Waals surface area (Å²) in [7, 11) is 0. The lowest BCUT2D eigenvalue weighted by molar-refractivity contribution is 0.306. The molecule has 0 atom stereocenters. The summed E-state index contributed by atoms with van der Waals surface area (Å²) in [6.45, 7) is 6.01. The molecule has 0 amide bonds. The van der Waals surface area contributed by atoms with Crippen molar-refractivity contribution in [3.63, 3.8) is 0 Å². The molecule has 1 aromatic heterocycles. The monoisotopic (exact) mass is 125 g/mol. The van der Waals surface area contributed by atoms with Crippen LogP contribution in [0.25, 0.3) is 0 Å². The molecule has 0 unspecified atom stereocenters. The van der Waals surface area contributed by atoms with E-state index in [1.807, 2.05) is 20.8 Å². The average molecular weight is 125 g/mol. The van der Waals surface area contributed by atoms with Crippen molar-refractivity contribution in [1.82, 2.24) is 20.2 Å². The van der Waals surface area contributed by atoms with Gasteiger partial charge in [0.15, 0.2) is 0 Å². The van der Waals surface area contributed by atoms with E-state index in [0.29, 0.717) is 0 Å². The first-order chi connectivity index (χ1) is 4.11. The Balaban J connectivity index is 2.90. The van der Waals surface area contributed by atoms with Crippen molar-refractivity contribution >= 4 is 0 Å². The highest BCUT2D eigenvalue weighted by molar-refractivity contribution is 4.62. The molecule has 0 aliphatic rings. The van der Waals surface area contributed by atoms with E-state index in [-0.39, 0.29) is 5.54 Å². The zero-order valence-electron chi connectivity index (χ0n) is 5.79. The lowest BCUT2D eigenvalue weighted by Gasteiger charge is -2.14. The topological polar surface area (TPSA) is 43.6 Å². The zero-order chi connectivity index (χ0) is 6.91. The second kappa shape index (κ2) is 1.79. The second-order valence-corrected chi connectivity index (χ2v) is 2.85. The summed E-state index contributed by atoms with van der Waals surface area (Å²) in [5.41, 5.74) is -0.0764. The molecule has 0 aliphatic heterocycles. The third-order valence-electron chi connectivity index (χ3n) is 0.914. The fourth-order valence-corrected chi connectivity index (χ4v) is 0.429. The van der Waals surface area contributed by atoms with Gasteiger partial charge in [-0.2, -0.15) is 4.80 Å². The first-order valence-electron chi connectivity index (χ1n) is 2.77. The molecule has 0 bridgehead atoms. The van der Waals surface area contributed by atoms with Gasteiger partial charge in [0.2, 0.25) is 6.33 Å². The average Bonchev–Trinajstić information content (AvgIpc) is 2.08. The van der Waals surface area contributed by atoms with Gasteiger partial charge in [-0.05, 0) is 26.0 Å². The second-order valence-electron chi connectivity index (χ2n) is 2.85. The van der Waals surface area contributed by atoms with E-state index >= 15 is 0 Å². The summed E-state index contributed by atoms with van der Waals surface area (Å²) in [6.07, 6.45) is 2.39. The minimum atomic E-state index is -0.0764. The molecule has 0 fully saturated rings. The van der Waals surface area contributed by atoms with Gasteiger partial charge in [0.05, 0.1) is 5.54 Å². The summed E-state index contributed by atoms with van der Waals surface area (Å²) in [4.78, 5) is 1.52. The van der Waals surface area contributed by atoms with Crippen LogP contribution in [0.5, 0.6) is 0 Å². The van der Waals surface area contributed by atoms with Crippen LogP contribution in [0, 0.1) is 6.33 Å². The van der Waals surface area contributed by atoms with E-state index in [4.69, 9.17) is 0 Å². The molecule has 0 N–H and O–H groups in total. The summed E-state index contributed by atoms with van der Waals surface area (Å²) in [5.74, 6) is 0. The Bertz CT molecular complexity index is 171. The zero-order valence-corrected chi connectivity index (χ0v) is 5.79. The van der Waals surface area contributed by atoms with Crippen molar-refractivity contribution in [2.24, 2.45) is 0 Å². The van der Waals surface area contributed by atoms with Crippen LogP contribution in [0.15, 0.2) is 0 Å². The van der Waals surface area contributed by atoms with Crippen molar-refractivity contribution in [3.8, 4) is 0 Å². The first kappa shape index (κ1) is 6.19. The van der Waals surface area contributed by atoms with Gasteiger partial charge in [0, 0.05) is 0 Å². The van der Waals surface area contributed by atoms with Crippen LogP contribution < -0.4 is 0 Å². The minimum Gasteiger partial charge on any atom is -0.158 e. The van der Waals surface area contributed by atoms with E-state index in [1.165, 1.54) is 4.80 Å². The summed E-state index contributed by atoms with van der Waals surface area (Å²) < 4.78 is 0. The number of aromatic nitrogens is 4. The molecule has 9 heavy (non-hydrogen) atoms. The minimum absolute atomic E-state index is 0.0764. The number of hydrogen-bond acceptors (Lipinski definition) is 3. The number of rotatable bonds is 0. The van der Waals surface area contributed by atoms with Crippen molar-refractivity contribution < 1.29 is 0 Å². The predicted molar refractivity (Wildman–Crippen MR) is 31.6 cm³/mol. The molecular weight excluding hydrogens is 116 g/mol. The maximum atomic E-state index is 3.76. The third-order valence-corrected chi connectivity index (χ3v) is 0.914. The standard InChI is InChI=1S/C5H9N4/c1-5(2,3)9-7-4-6-8-9/h1-3H3. The molecule has 0 aromatic carbocycles. The maximum Gasteiger partial charge on any atom is 0.245 e. The normalized spacial score (nSPS) is 11.9. The van der Waals surface area contributed by atoms with Crippen molar-refractivity contribution in [2.45, 2.75) is 26.3 Å². The van der Waals surface area contributed by atoms with Gasteiger partial charge in [-0.3, -0.25) is 0 Å². The van der Waals surface area contributed by atoms with Gasteiger partial charge in [-0.15, -0.1) is 10.2 Å². The SMILES string of the molecule is CC(C)(C)n1n[c]nn1. The molecule has 4 nitrogen and oxygen atoms in total. The molecule has 4 heteroatoms. The third kappa shape index (κ3) is 1.25. The van der Waals surface area contributed by atoms with E-state index < -0.39 is 0 Å². The Hall–Kier alpha value is -0.930. The highest BCUT2D eigenvalue weighted by atomic mass is 15.6. The lowest BCUT2D eigenvalue weighted by atomic mass is 10.1.